The topological polar surface area (TPSA) is 26.3 Å². The molecule has 1 atom stereocenters. The number of ether oxygens (including phenoxy) is 1. The minimum Gasteiger partial charge on any atom is -0.374 e. The molecule has 2 rings (SSSR count). The van der Waals surface area contributed by atoms with Gasteiger partial charge in [0.1, 0.15) is 5.78 Å². The molecule has 1 unspecified atom stereocenters. The molecule has 1 aliphatic rings. The molecule has 0 radical (unpaired) electrons. The summed E-state index contributed by atoms with van der Waals surface area (Å²) < 4.78 is 5.72. The lowest BCUT2D eigenvalue weighted by atomic mass is 9.88. The maximum atomic E-state index is 11.4. The smallest absolute Gasteiger partial charge is 0.138 e. The van der Waals surface area contributed by atoms with Gasteiger partial charge in [-0.3, -0.25) is 4.79 Å². The summed E-state index contributed by atoms with van der Waals surface area (Å²) in [6.45, 7) is 2.60. The van der Waals surface area contributed by atoms with Gasteiger partial charge in [0.25, 0.3) is 0 Å². The number of ketones is 1. The Bertz CT molecular complexity index is 345. The fourth-order valence-corrected chi connectivity index (χ4v) is 2.11. The van der Waals surface area contributed by atoms with Gasteiger partial charge >= 0.3 is 0 Å². The van der Waals surface area contributed by atoms with Gasteiger partial charge in [0, 0.05) is 19.3 Å². The van der Waals surface area contributed by atoms with Crippen LogP contribution in [0.3, 0.4) is 0 Å². The van der Waals surface area contributed by atoms with E-state index in [0.717, 1.165) is 6.42 Å². The van der Waals surface area contributed by atoms with Gasteiger partial charge in [0.05, 0.1) is 12.2 Å². The van der Waals surface area contributed by atoms with Gasteiger partial charge in [-0.25, -0.2) is 0 Å². The molecule has 2 heteroatoms. The van der Waals surface area contributed by atoms with Gasteiger partial charge in [0.15, 0.2) is 0 Å². The number of carbonyl (C=O) groups is 1. The normalized spacial score (nSPS) is 26.6. The third-order valence-corrected chi connectivity index (χ3v) is 2.82. The van der Waals surface area contributed by atoms with Crippen LogP contribution in [0.4, 0.5) is 0 Å². The van der Waals surface area contributed by atoms with Crippen LogP contribution in [0.15, 0.2) is 30.3 Å². The molecule has 0 saturated carbocycles. The van der Waals surface area contributed by atoms with Crippen LogP contribution >= 0.6 is 0 Å². The lowest BCUT2D eigenvalue weighted by molar-refractivity contribution is -0.137. The molecule has 80 valence electrons. The van der Waals surface area contributed by atoms with E-state index in [1.807, 2.05) is 25.1 Å². The summed E-state index contributed by atoms with van der Waals surface area (Å²) in [5.41, 5.74) is 0.936. The summed E-state index contributed by atoms with van der Waals surface area (Å²) in [4.78, 5) is 11.4. The number of carbonyl (C=O) groups excluding carboxylic acids is 1. The van der Waals surface area contributed by atoms with E-state index in [-0.39, 0.29) is 5.60 Å². The van der Waals surface area contributed by atoms with E-state index in [1.54, 1.807) is 0 Å². The van der Waals surface area contributed by atoms with Gasteiger partial charge in [0.2, 0.25) is 0 Å². The number of hydrogen-bond donors (Lipinski definition) is 0. The average molecular weight is 204 g/mol. The molecule has 1 fully saturated rings. The quantitative estimate of drug-likeness (QED) is 0.739. The molecular weight excluding hydrogens is 188 g/mol. The van der Waals surface area contributed by atoms with E-state index in [0.29, 0.717) is 25.2 Å². The molecule has 1 saturated heterocycles. The summed E-state index contributed by atoms with van der Waals surface area (Å²) in [6, 6.07) is 10.2. The van der Waals surface area contributed by atoms with Gasteiger partial charge in [-0.1, -0.05) is 30.3 Å². The maximum Gasteiger partial charge on any atom is 0.138 e. The zero-order valence-electron chi connectivity index (χ0n) is 9.03. The predicted octanol–water partition coefficient (Wildman–Crippen LogP) is 2.37. The van der Waals surface area contributed by atoms with Crippen LogP contribution in [0.2, 0.25) is 0 Å². The van der Waals surface area contributed by atoms with Crippen molar-refractivity contribution in [1.29, 1.82) is 0 Å². The Kier molecular flexibility index (Phi) is 2.87. The number of hydrogen-bond acceptors (Lipinski definition) is 2. The standard InChI is InChI=1S/C13H16O2/c1-13(10-12(14)7-8-15-13)9-11-5-3-2-4-6-11/h2-6H,7-10H2,1H3. The average Bonchev–Trinajstić information content (AvgIpc) is 2.18. The second-order valence-corrected chi connectivity index (χ2v) is 4.43. The molecule has 1 heterocycles. The molecule has 0 amide bonds. The van der Waals surface area contributed by atoms with Gasteiger partial charge < -0.3 is 4.74 Å². The van der Waals surface area contributed by atoms with Crippen molar-refractivity contribution in [3.8, 4) is 0 Å². The number of Topliss-reactive ketones (excluding diaryl/α,β-unsaturated/α-hetero) is 1. The largest absolute Gasteiger partial charge is 0.374 e. The monoisotopic (exact) mass is 204 g/mol. The van der Waals surface area contributed by atoms with Crippen molar-refractivity contribution < 1.29 is 9.53 Å². The fourth-order valence-electron chi connectivity index (χ4n) is 2.11. The van der Waals surface area contributed by atoms with Crippen LogP contribution in [-0.4, -0.2) is 18.0 Å². The highest BCUT2D eigenvalue weighted by atomic mass is 16.5. The van der Waals surface area contributed by atoms with E-state index in [9.17, 15) is 4.79 Å². The van der Waals surface area contributed by atoms with Crippen molar-refractivity contribution in [3.63, 3.8) is 0 Å². The van der Waals surface area contributed by atoms with Crippen LogP contribution in [0.1, 0.15) is 25.3 Å². The Morgan fingerprint density at radius 2 is 2.07 bits per heavy atom. The molecule has 0 N–H and O–H groups in total. The zero-order chi connectivity index (χ0) is 10.7. The second-order valence-electron chi connectivity index (χ2n) is 4.43. The highest BCUT2D eigenvalue weighted by molar-refractivity contribution is 5.80. The first-order chi connectivity index (χ1) is 7.18. The molecule has 15 heavy (non-hydrogen) atoms. The summed E-state index contributed by atoms with van der Waals surface area (Å²) in [6.07, 6.45) is 1.94. The maximum absolute atomic E-state index is 11.4. The second kappa shape index (κ2) is 4.15. The lowest BCUT2D eigenvalue weighted by Crippen LogP contribution is -2.39. The van der Waals surface area contributed by atoms with Crippen molar-refractivity contribution in [2.75, 3.05) is 6.61 Å². The molecule has 0 spiro atoms. The molecule has 0 bridgehead atoms. The summed E-state index contributed by atoms with van der Waals surface area (Å²) >= 11 is 0. The Hall–Kier alpha value is -1.15. The Balaban J connectivity index is 2.07. The minimum absolute atomic E-state index is 0.295. The van der Waals surface area contributed by atoms with Crippen LogP contribution in [-0.2, 0) is 16.0 Å². The Labute approximate surface area is 90.3 Å². The molecule has 0 aromatic heterocycles. The van der Waals surface area contributed by atoms with Crippen molar-refractivity contribution in [1.82, 2.24) is 0 Å². The van der Waals surface area contributed by atoms with E-state index < -0.39 is 0 Å². The lowest BCUT2D eigenvalue weighted by Gasteiger charge is -2.33. The van der Waals surface area contributed by atoms with Gasteiger partial charge in [-0.15, -0.1) is 0 Å². The fraction of sp³-hybridized carbons (Fsp3) is 0.462. The summed E-state index contributed by atoms with van der Waals surface area (Å²) in [7, 11) is 0. The highest BCUT2D eigenvalue weighted by Gasteiger charge is 2.32. The SMILES string of the molecule is CC1(Cc2ccccc2)CC(=O)CCO1. The third kappa shape index (κ3) is 2.66. The first-order valence-corrected chi connectivity index (χ1v) is 5.38. The van der Waals surface area contributed by atoms with Crippen LogP contribution < -0.4 is 0 Å². The Morgan fingerprint density at radius 1 is 1.33 bits per heavy atom. The van der Waals surface area contributed by atoms with Crippen molar-refractivity contribution >= 4 is 5.78 Å². The third-order valence-electron chi connectivity index (χ3n) is 2.82. The molecule has 1 aromatic carbocycles. The number of benzene rings is 1. The summed E-state index contributed by atoms with van der Waals surface area (Å²) in [5, 5.41) is 0. The molecule has 0 aliphatic carbocycles. The van der Waals surface area contributed by atoms with E-state index in [1.165, 1.54) is 5.56 Å². The van der Waals surface area contributed by atoms with Crippen LogP contribution in [0, 0.1) is 0 Å². The van der Waals surface area contributed by atoms with E-state index in [4.69, 9.17) is 4.74 Å². The molecule has 1 aliphatic heterocycles. The molecule has 2 nitrogen and oxygen atoms in total. The van der Waals surface area contributed by atoms with Gasteiger partial charge in [-0.2, -0.15) is 0 Å². The van der Waals surface area contributed by atoms with Crippen molar-refractivity contribution in [3.05, 3.63) is 35.9 Å². The first-order valence-electron chi connectivity index (χ1n) is 5.38. The zero-order valence-corrected chi connectivity index (χ0v) is 9.03. The Morgan fingerprint density at radius 3 is 2.73 bits per heavy atom. The predicted molar refractivity (Wildman–Crippen MR) is 58.7 cm³/mol. The van der Waals surface area contributed by atoms with Crippen LogP contribution in [0.25, 0.3) is 0 Å². The van der Waals surface area contributed by atoms with E-state index in [2.05, 4.69) is 12.1 Å². The van der Waals surface area contributed by atoms with Gasteiger partial charge in [-0.05, 0) is 12.5 Å². The molecule has 1 aromatic rings. The van der Waals surface area contributed by atoms with Crippen LogP contribution in [0.5, 0.6) is 0 Å². The first kappa shape index (κ1) is 10.4. The van der Waals surface area contributed by atoms with Crippen molar-refractivity contribution in [2.24, 2.45) is 0 Å². The minimum atomic E-state index is -0.295. The number of rotatable bonds is 2. The van der Waals surface area contributed by atoms with Crippen molar-refractivity contribution in [2.45, 2.75) is 31.8 Å². The summed E-state index contributed by atoms with van der Waals surface area (Å²) in [5.74, 6) is 0.319. The van der Waals surface area contributed by atoms with E-state index >= 15 is 0 Å². The molecular formula is C13H16O2. The highest BCUT2D eigenvalue weighted by Crippen LogP contribution is 2.26.